The number of aromatic nitrogens is 4. The number of halogens is 1. The van der Waals surface area contributed by atoms with E-state index in [9.17, 15) is 14.3 Å². The molecule has 0 aliphatic carbocycles. The molecule has 3 heterocycles. The molecule has 0 radical (unpaired) electrons. The third-order valence-corrected chi connectivity index (χ3v) is 5.20. The van der Waals surface area contributed by atoms with Crippen molar-refractivity contribution in [2.45, 2.75) is 26.7 Å². The fraction of sp³-hybridized carbons (Fsp3) is 0.368. The van der Waals surface area contributed by atoms with Crippen LogP contribution in [0.4, 0.5) is 10.2 Å². The highest BCUT2D eigenvalue weighted by Crippen LogP contribution is 2.31. The fourth-order valence-electron chi connectivity index (χ4n) is 3.70. The fourth-order valence-corrected chi connectivity index (χ4v) is 3.70. The first-order valence-electron chi connectivity index (χ1n) is 8.92. The second-order valence-electron chi connectivity index (χ2n) is 6.91. The van der Waals surface area contributed by atoms with Crippen LogP contribution in [0.25, 0.3) is 16.6 Å². The van der Waals surface area contributed by atoms with Gasteiger partial charge in [-0.3, -0.25) is 4.79 Å². The predicted molar refractivity (Wildman–Crippen MR) is 98.7 cm³/mol. The van der Waals surface area contributed by atoms with E-state index in [0.717, 1.165) is 28.0 Å². The summed E-state index contributed by atoms with van der Waals surface area (Å²) in [5.41, 5.74) is 3.18. The lowest BCUT2D eigenvalue weighted by Crippen LogP contribution is -2.37. The van der Waals surface area contributed by atoms with Crippen molar-refractivity contribution in [2.75, 3.05) is 18.0 Å². The monoisotopic (exact) mass is 369 g/mol. The van der Waals surface area contributed by atoms with E-state index in [1.807, 2.05) is 13.8 Å². The third-order valence-electron chi connectivity index (χ3n) is 5.20. The van der Waals surface area contributed by atoms with Crippen LogP contribution in [-0.2, 0) is 4.79 Å². The number of aliphatic carboxylic acids is 1. The molecule has 0 spiro atoms. The van der Waals surface area contributed by atoms with E-state index in [4.69, 9.17) is 5.10 Å². The van der Waals surface area contributed by atoms with Crippen molar-refractivity contribution < 1.29 is 14.3 Å². The number of piperidine rings is 1. The normalized spacial score (nSPS) is 15.4. The number of carboxylic acids is 1. The van der Waals surface area contributed by atoms with E-state index in [1.54, 1.807) is 16.8 Å². The van der Waals surface area contributed by atoms with Crippen LogP contribution >= 0.6 is 0 Å². The Balaban J connectivity index is 1.77. The highest BCUT2D eigenvalue weighted by atomic mass is 19.1. The van der Waals surface area contributed by atoms with Crippen molar-refractivity contribution in [1.82, 2.24) is 20.0 Å². The SMILES string of the molecule is Cc1nnc(N2CCC(C(=O)O)CC2)c2nn(-c3ccc(F)cc3)c(C)c12. The molecule has 7 nitrogen and oxygen atoms in total. The summed E-state index contributed by atoms with van der Waals surface area (Å²) in [7, 11) is 0. The highest BCUT2D eigenvalue weighted by Gasteiger charge is 2.28. The van der Waals surface area contributed by atoms with Gasteiger partial charge in [0.15, 0.2) is 5.82 Å². The van der Waals surface area contributed by atoms with Gasteiger partial charge in [0.1, 0.15) is 11.3 Å². The first-order chi connectivity index (χ1) is 13.0. The van der Waals surface area contributed by atoms with Crippen molar-refractivity contribution in [3.8, 4) is 5.69 Å². The van der Waals surface area contributed by atoms with E-state index in [-0.39, 0.29) is 11.7 Å². The summed E-state index contributed by atoms with van der Waals surface area (Å²) in [4.78, 5) is 13.2. The van der Waals surface area contributed by atoms with Gasteiger partial charge in [-0.25, -0.2) is 9.07 Å². The molecule has 4 rings (SSSR count). The number of carbonyl (C=O) groups is 1. The smallest absolute Gasteiger partial charge is 0.306 e. The standard InChI is InChI=1S/C19H20FN5O2/c1-11-16-12(2)25(15-5-3-14(20)4-6-15)23-17(16)18(22-21-11)24-9-7-13(8-10-24)19(26)27/h3-6,13H,7-10H2,1-2H3,(H,26,27). The molecular weight excluding hydrogens is 349 g/mol. The third kappa shape index (κ3) is 3.01. The van der Waals surface area contributed by atoms with Gasteiger partial charge in [-0.2, -0.15) is 10.2 Å². The van der Waals surface area contributed by atoms with Crippen LogP contribution in [0.5, 0.6) is 0 Å². The number of anilines is 1. The average molecular weight is 369 g/mol. The van der Waals surface area contributed by atoms with Gasteiger partial charge in [0, 0.05) is 13.1 Å². The molecule has 8 heteroatoms. The first-order valence-corrected chi connectivity index (χ1v) is 8.92. The molecule has 0 saturated carbocycles. The Morgan fingerprint density at radius 1 is 1.15 bits per heavy atom. The number of hydrogen-bond acceptors (Lipinski definition) is 5. The lowest BCUT2D eigenvalue weighted by Gasteiger charge is -2.30. The number of hydrogen-bond donors (Lipinski definition) is 1. The lowest BCUT2D eigenvalue weighted by atomic mass is 9.97. The van der Waals surface area contributed by atoms with Crippen molar-refractivity contribution in [2.24, 2.45) is 5.92 Å². The minimum Gasteiger partial charge on any atom is -0.481 e. The zero-order valence-corrected chi connectivity index (χ0v) is 15.2. The van der Waals surface area contributed by atoms with Crippen LogP contribution in [0.1, 0.15) is 24.2 Å². The van der Waals surface area contributed by atoms with Crippen LogP contribution in [-0.4, -0.2) is 44.1 Å². The molecule has 2 aromatic heterocycles. The molecule has 1 aromatic carbocycles. The molecule has 1 N–H and O–H groups in total. The minimum atomic E-state index is -0.744. The predicted octanol–water partition coefficient (Wildman–Crippen LogP) is 2.87. The second kappa shape index (κ2) is 6.61. The molecular formula is C19H20FN5O2. The van der Waals surface area contributed by atoms with Gasteiger partial charge >= 0.3 is 5.97 Å². The molecule has 0 amide bonds. The Morgan fingerprint density at radius 2 is 1.81 bits per heavy atom. The summed E-state index contributed by atoms with van der Waals surface area (Å²) in [6, 6.07) is 6.18. The summed E-state index contributed by atoms with van der Waals surface area (Å²) in [5, 5.41) is 23.5. The van der Waals surface area contributed by atoms with Crippen molar-refractivity contribution in [1.29, 1.82) is 0 Å². The number of aryl methyl sites for hydroxylation is 2. The summed E-state index contributed by atoms with van der Waals surface area (Å²) in [6.45, 7) is 5.05. The Kier molecular flexibility index (Phi) is 4.25. The van der Waals surface area contributed by atoms with Gasteiger partial charge in [0.25, 0.3) is 0 Å². The van der Waals surface area contributed by atoms with Crippen LogP contribution in [0.3, 0.4) is 0 Å². The van der Waals surface area contributed by atoms with E-state index < -0.39 is 5.97 Å². The van der Waals surface area contributed by atoms with Crippen LogP contribution < -0.4 is 4.90 Å². The maximum atomic E-state index is 13.3. The Labute approximate surface area is 155 Å². The Morgan fingerprint density at radius 3 is 2.44 bits per heavy atom. The van der Waals surface area contributed by atoms with Crippen molar-refractivity contribution in [3.05, 3.63) is 41.5 Å². The molecule has 3 aromatic rings. The summed E-state index contributed by atoms with van der Waals surface area (Å²) in [6.07, 6.45) is 1.15. The molecule has 0 unspecified atom stereocenters. The zero-order valence-electron chi connectivity index (χ0n) is 15.2. The molecule has 27 heavy (non-hydrogen) atoms. The summed E-state index contributed by atoms with van der Waals surface area (Å²) >= 11 is 0. The van der Waals surface area contributed by atoms with Crippen molar-refractivity contribution >= 4 is 22.7 Å². The Hall–Kier alpha value is -3.03. The highest BCUT2D eigenvalue weighted by molar-refractivity contribution is 5.92. The first kappa shape index (κ1) is 17.4. The number of rotatable bonds is 3. The molecule has 140 valence electrons. The van der Waals surface area contributed by atoms with Gasteiger partial charge in [-0.05, 0) is 51.0 Å². The van der Waals surface area contributed by atoms with Crippen LogP contribution in [0.2, 0.25) is 0 Å². The van der Waals surface area contributed by atoms with Gasteiger partial charge in [-0.15, -0.1) is 5.10 Å². The van der Waals surface area contributed by atoms with E-state index in [0.29, 0.717) is 31.7 Å². The van der Waals surface area contributed by atoms with Crippen LogP contribution in [0.15, 0.2) is 24.3 Å². The molecule has 1 fully saturated rings. The van der Waals surface area contributed by atoms with E-state index >= 15 is 0 Å². The number of carboxylic acid groups (broad SMARTS) is 1. The second-order valence-corrected chi connectivity index (χ2v) is 6.91. The summed E-state index contributed by atoms with van der Waals surface area (Å²) in [5.74, 6) is -0.683. The van der Waals surface area contributed by atoms with E-state index in [2.05, 4.69) is 15.1 Å². The van der Waals surface area contributed by atoms with Crippen LogP contribution in [0, 0.1) is 25.6 Å². The quantitative estimate of drug-likeness (QED) is 0.764. The maximum Gasteiger partial charge on any atom is 0.306 e. The van der Waals surface area contributed by atoms with Gasteiger partial charge < -0.3 is 10.0 Å². The van der Waals surface area contributed by atoms with Gasteiger partial charge in [-0.1, -0.05) is 0 Å². The molecule has 0 bridgehead atoms. The Bertz CT molecular complexity index is 1010. The minimum absolute atomic E-state index is 0.297. The topological polar surface area (TPSA) is 84.1 Å². The molecule has 1 aliphatic heterocycles. The number of nitrogens with zero attached hydrogens (tertiary/aromatic N) is 5. The number of benzene rings is 1. The van der Waals surface area contributed by atoms with E-state index in [1.165, 1.54) is 12.1 Å². The maximum absolute atomic E-state index is 13.3. The summed E-state index contributed by atoms with van der Waals surface area (Å²) < 4.78 is 15.0. The molecule has 0 atom stereocenters. The number of fused-ring (bicyclic) bond motifs is 1. The average Bonchev–Trinajstić information content (AvgIpc) is 3.01. The van der Waals surface area contributed by atoms with Gasteiger partial charge in [0.2, 0.25) is 0 Å². The largest absolute Gasteiger partial charge is 0.481 e. The van der Waals surface area contributed by atoms with Crippen molar-refractivity contribution in [3.63, 3.8) is 0 Å². The molecule has 1 saturated heterocycles. The van der Waals surface area contributed by atoms with Gasteiger partial charge in [0.05, 0.1) is 28.4 Å². The zero-order chi connectivity index (χ0) is 19.1. The molecule has 1 aliphatic rings. The lowest BCUT2D eigenvalue weighted by molar-refractivity contribution is -0.142.